The topological polar surface area (TPSA) is 38.1 Å². The number of nitrogens with zero attached hydrogens (tertiary/aromatic N) is 1. The van der Waals surface area contributed by atoms with Gasteiger partial charge in [0.05, 0.1) is 12.7 Å². The highest BCUT2D eigenvalue weighted by Gasteiger charge is 2.21. The van der Waals surface area contributed by atoms with Crippen molar-refractivity contribution in [2.45, 2.75) is 57.5 Å². The fourth-order valence-corrected chi connectivity index (χ4v) is 2.54. The number of aromatic nitrogens is 1. The van der Waals surface area contributed by atoms with Crippen molar-refractivity contribution in [3.63, 3.8) is 0 Å². The second-order valence-electron chi connectivity index (χ2n) is 5.23. The van der Waals surface area contributed by atoms with Crippen LogP contribution in [0, 0.1) is 5.92 Å². The van der Waals surface area contributed by atoms with E-state index in [1.165, 1.54) is 38.5 Å². The molecule has 0 radical (unpaired) electrons. The van der Waals surface area contributed by atoms with Crippen molar-refractivity contribution < 1.29 is 4.42 Å². The minimum Gasteiger partial charge on any atom is -0.444 e. The lowest BCUT2D eigenvalue weighted by atomic mass is 10.0. The number of rotatable bonds is 5. The zero-order valence-corrected chi connectivity index (χ0v) is 9.74. The Morgan fingerprint density at radius 2 is 2.06 bits per heavy atom. The van der Waals surface area contributed by atoms with Gasteiger partial charge < -0.3 is 9.73 Å². The highest BCUT2D eigenvalue weighted by atomic mass is 16.4. The molecule has 3 rings (SSSR count). The molecule has 0 spiro atoms. The molecule has 88 valence electrons. The molecule has 0 aromatic carbocycles. The molecule has 2 aliphatic rings. The Morgan fingerprint density at radius 3 is 2.81 bits per heavy atom. The maximum atomic E-state index is 5.75. The normalized spacial score (nSPS) is 21.8. The predicted octanol–water partition coefficient (Wildman–Crippen LogP) is 2.66. The van der Waals surface area contributed by atoms with Crippen LogP contribution in [0.2, 0.25) is 0 Å². The molecule has 2 fully saturated rings. The maximum absolute atomic E-state index is 5.75. The third kappa shape index (κ3) is 2.64. The first kappa shape index (κ1) is 10.3. The summed E-state index contributed by atoms with van der Waals surface area (Å²) in [7, 11) is 0. The van der Waals surface area contributed by atoms with Gasteiger partial charge in [-0.15, -0.1) is 0 Å². The van der Waals surface area contributed by atoms with E-state index in [0.29, 0.717) is 0 Å². The number of hydrogen-bond acceptors (Lipinski definition) is 3. The van der Waals surface area contributed by atoms with E-state index < -0.39 is 0 Å². The first-order valence-corrected chi connectivity index (χ1v) is 6.57. The van der Waals surface area contributed by atoms with Crippen molar-refractivity contribution in [2.24, 2.45) is 5.92 Å². The Kier molecular flexibility index (Phi) is 2.96. The molecule has 0 aliphatic heterocycles. The van der Waals surface area contributed by atoms with Gasteiger partial charge in [-0.25, -0.2) is 4.98 Å². The summed E-state index contributed by atoms with van der Waals surface area (Å²) in [6, 6.07) is 0.727. The van der Waals surface area contributed by atoms with Crippen molar-refractivity contribution in [1.29, 1.82) is 0 Å². The minimum atomic E-state index is 0.727. The van der Waals surface area contributed by atoms with Gasteiger partial charge in [-0.1, -0.05) is 25.7 Å². The molecule has 0 atom stereocenters. The summed E-state index contributed by atoms with van der Waals surface area (Å²) in [5.41, 5.74) is 0. The summed E-state index contributed by atoms with van der Waals surface area (Å²) in [6.45, 7) is 0.801. The van der Waals surface area contributed by atoms with Crippen LogP contribution in [0.25, 0.3) is 0 Å². The van der Waals surface area contributed by atoms with Gasteiger partial charge in [0.2, 0.25) is 5.89 Å². The third-order valence-corrected chi connectivity index (χ3v) is 3.69. The largest absolute Gasteiger partial charge is 0.444 e. The van der Waals surface area contributed by atoms with E-state index in [4.69, 9.17) is 4.42 Å². The van der Waals surface area contributed by atoms with Crippen LogP contribution in [-0.2, 0) is 13.0 Å². The van der Waals surface area contributed by atoms with Crippen LogP contribution in [-0.4, -0.2) is 11.0 Å². The van der Waals surface area contributed by atoms with E-state index in [0.717, 1.165) is 36.6 Å². The average Bonchev–Trinajstić information content (AvgIpc) is 2.78. The minimum absolute atomic E-state index is 0.727. The van der Waals surface area contributed by atoms with Crippen molar-refractivity contribution in [1.82, 2.24) is 10.3 Å². The van der Waals surface area contributed by atoms with Crippen LogP contribution < -0.4 is 5.32 Å². The van der Waals surface area contributed by atoms with Gasteiger partial charge in [0, 0.05) is 12.5 Å². The highest BCUT2D eigenvalue weighted by molar-refractivity contribution is 4.97. The zero-order chi connectivity index (χ0) is 10.8. The van der Waals surface area contributed by atoms with Crippen LogP contribution >= 0.6 is 0 Å². The molecule has 1 N–H and O–H groups in total. The Labute approximate surface area is 96.6 Å². The third-order valence-electron chi connectivity index (χ3n) is 3.69. The van der Waals surface area contributed by atoms with E-state index >= 15 is 0 Å². The Hall–Kier alpha value is -0.830. The first-order chi connectivity index (χ1) is 7.90. The van der Waals surface area contributed by atoms with E-state index in [9.17, 15) is 0 Å². The van der Waals surface area contributed by atoms with E-state index in [1.807, 2.05) is 6.20 Å². The molecule has 3 nitrogen and oxygen atoms in total. The second-order valence-corrected chi connectivity index (χ2v) is 5.23. The van der Waals surface area contributed by atoms with Gasteiger partial charge in [-0.3, -0.25) is 0 Å². The molecular formula is C13H20N2O. The van der Waals surface area contributed by atoms with E-state index in [-0.39, 0.29) is 0 Å². The Morgan fingerprint density at radius 1 is 1.25 bits per heavy atom. The summed E-state index contributed by atoms with van der Waals surface area (Å²) in [4.78, 5) is 4.33. The fraction of sp³-hybridized carbons (Fsp3) is 0.769. The van der Waals surface area contributed by atoms with Gasteiger partial charge in [0.15, 0.2) is 0 Å². The van der Waals surface area contributed by atoms with Crippen LogP contribution in [0.4, 0.5) is 0 Å². The van der Waals surface area contributed by atoms with Gasteiger partial charge in [0.25, 0.3) is 0 Å². The summed E-state index contributed by atoms with van der Waals surface area (Å²) in [6.07, 6.45) is 11.2. The summed E-state index contributed by atoms with van der Waals surface area (Å²) < 4.78 is 5.75. The van der Waals surface area contributed by atoms with Crippen LogP contribution in [0.1, 0.15) is 50.2 Å². The van der Waals surface area contributed by atoms with E-state index in [2.05, 4.69) is 10.3 Å². The number of hydrogen-bond donors (Lipinski definition) is 1. The molecule has 16 heavy (non-hydrogen) atoms. The van der Waals surface area contributed by atoms with Gasteiger partial charge >= 0.3 is 0 Å². The van der Waals surface area contributed by atoms with Crippen molar-refractivity contribution >= 4 is 0 Å². The molecule has 0 bridgehead atoms. The van der Waals surface area contributed by atoms with Crippen LogP contribution in [0.15, 0.2) is 10.6 Å². The molecule has 1 aromatic rings. The second kappa shape index (κ2) is 4.58. The summed E-state index contributed by atoms with van der Waals surface area (Å²) >= 11 is 0. The Balaban J connectivity index is 1.50. The van der Waals surface area contributed by atoms with Crippen molar-refractivity contribution in [3.05, 3.63) is 17.8 Å². The molecular weight excluding hydrogens is 200 g/mol. The molecule has 0 amide bonds. The first-order valence-electron chi connectivity index (χ1n) is 6.57. The summed E-state index contributed by atoms with van der Waals surface area (Å²) in [5.74, 6) is 2.79. The van der Waals surface area contributed by atoms with Crippen molar-refractivity contribution in [3.8, 4) is 0 Å². The van der Waals surface area contributed by atoms with Gasteiger partial charge in [0.1, 0.15) is 5.76 Å². The van der Waals surface area contributed by atoms with Crippen molar-refractivity contribution in [2.75, 3.05) is 0 Å². The highest BCUT2D eigenvalue weighted by Crippen LogP contribution is 2.28. The zero-order valence-electron chi connectivity index (χ0n) is 9.74. The lowest BCUT2D eigenvalue weighted by molar-refractivity contribution is 0.404. The molecule has 1 aromatic heterocycles. The van der Waals surface area contributed by atoms with Crippen LogP contribution in [0.3, 0.4) is 0 Å². The molecule has 1 heterocycles. The Bertz CT molecular complexity index is 337. The smallest absolute Gasteiger partial charge is 0.208 e. The van der Waals surface area contributed by atoms with E-state index in [1.54, 1.807) is 0 Å². The van der Waals surface area contributed by atoms with Crippen LogP contribution in [0.5, 0.6) is 0 Å². The number of nitrogens with one attached hydrogen (secondary N) is 1. The molecule has 0 unspecified atom stereocenters. The SMILES string of the molecule is c1nc(CNC2CC2)oc1CC1CCCC1. The van der Waals surface area contributed by atoms with Gasteiger partial charge in [-0.05, 0) is 18.8 Å². The standard InChI is InChI=1S/C13H20N2O/c1-2-4-10(3-1)7-12-8-15-13(16-12)9-14-11-5-6-11/h8,10-11,14H,1-7,9H2. The average molecular weight is 220 g/mol. The molecule has 0 saturated heterocycles. The monoisotopic (exact) mass is 220 g/mol. The molecule has 3 heteroatoms. The molecule has 2 aliphatic carbocycles. The number of oxazole rings is 1. The molecule has 2 saturated carbocycles. The quantitative estimate of drug-likeness (QED) is 0.829. The summed E-state index contributed by atoms with van der Waals surface area (Å²) in [5, 5.41) is 3.42. The van der Waals surface area contributed by atoms with Gasteiger partial charge in [-0.2, -0.15) is 0 Å². The predicted molar refractivity (Wildman–Crippen MR) is 62.0 cm³/mol. The lowest BCUT2D eigenvalue weighted by Gasteiger charge is -2.04. The maximum Gasteiger partial charge on any atom is 0.208 e. The fourth-order valence-electron chi connectivity index (χ4n) is 2.54. The lowest BCUT2D eigenvalue weighted by Crippen LogP contribution is -2.15.